The fraction of sp³-hybridized carbons (Fsp3) is 0.167. The second-order valence-electron chi connectivity index (χ2n) is 4.33. The third-order valence-corrected chi connectivity index (χ3v) is 3.87. The lowest BCUT2D eigenvalue weighted by Gasteiger charge is -1.97. The van der Waals surface area contributed by atoms with E-state index in [1.54, 1.807) is 25.1 Å². The summed E-state index contributed by atoms with van der Waals surface area (Å²) < 4.78 is 28.4. The van der Waals surface area contributed by atoms with Crippen LogP contribution in [-0.4, -0.2) is 29.8 Å². The van der Waals surface area contributed by atoms with Crippen molar-refractivity contribution in [3.63, 3.8) is 0 Å². The largest absolute Gasteiger partial charge is 0.361 e. The maximum Gasteiger partial charge on any atom is 0.177 e. The Morgan fingerprint density at radius 1 is 1.32 bits per heavy atom. The van der Waals surface area contributed by atoms with Crippen LogP contribution in [0.3, 0.4) is 0 Å². The number of imidazole rings is 1. The summed E-state index contributed by atoms with van der Waals surface area (Å²) in [5.74, 6) is 1.15. The monoisotopic (exact) mass is 277 g/mol. The Morgan fingerprint density at radius 2 is 2.11 bits per heavy atom. The average Bonchev–Trinajstić information content (AvgIpc) is 2.92. The Morgan fingerprint density at radius 3 is 2.74 bits per heavy atom. The Kier molecular flexibility index (Phi) is 2.46. The summed E-state index contributed by atoms with van der Waals surface area (Å²) in [7, 11) is -3.32. The lowest BCUT2D eigenvalue weighted by Crippen LogP contribution is -1.97. The predicted octanol–water partition coefficient (Wildman–Crippen LogP) is 1.93. The van der Waals surface area contributed by atoms with E-state index in [1.165, 1.54) is 6.07 Å². The number of nitrogens with one attached hydrogen (secondary N) is 1. The topological polar surface area (TPSA) is 88.9 Å². The molecule has 0 saturated heterocycles. The number of para-hydroxylation sites is 1. The number of H-pyrrole nitrogens is 1. The van der Waals surface area contributed by atoms with Crippen molar-refractivity contribution in [1.82, 2.24) is 15.1 Å². The second kappa shape index (κ2) is 3.92. The van der Waals surface area contributed by atoms with Crippen molar-refractivity contribution in [2.24, 2.45) is 0 Å². The zero-order valence-corrected chi connectivity index (χ0v) is 11.2. The first kappa shape index (κ1) is 11.9. The number of rotatable bonds is 2. The van der Waals surface area contributed by atoms with Gasteiger partial charge in [-0.15, -0.1) is 0 Å². The van der Waals surface area contributed by atoms with Crippen LogP contribution in [0.25, 0.3) is 22.6 Å². The van der Waals surface area contributed by atoms with Gasteiger partial charge in [-0.1, -0.05) is 11.2 Å². The first-order valence-corrected chi connectivity index (χ1v) is 7.47. The summed E-state index contributed by atoms with van der Waals surface area (Å²) in [6, 6.07) is 6.72. The molecule has 0 radical (unpaired) electrons. The quantitative estimate of drug-likeness (QED) is 0.773. The molecule has 0 aliphatic carbocycles. The molecular formula is C12H11N3O3S. The number of fused-ring (bicyclic) bond motifs is 1. The van der Waals surface area contributed by atoms with Gasteiger partial charge in [-0.05, 0) is 19.1 Å². The molecule has 0 unspecified atom stereocenters. The van der Waals surface area contributed by atoms with Gasteiger partial charge in [0.1, 0.15) is 17.0 Å². The van der Waals surface area contributed by atoms with E-state index in [-0.39, 0.29) is 4.90 Å². The Hall–Kier alpha value is -2.15. The van der Waals surface area contributed by atoms with Crippen LogP contribution in [0.4, 0.5) is 0 Å². The van der Waals surface area contributed by atoms with Crippen LogP contribution in [0.2, 0.25) is 0 Å². The summed E-state index contributed by atoms with van der Waals surface area (Å²) in [4.78, 5) is 7.55. The van der Waals surface area contributed by atoms with Gasteiger partial charge in [0, 0.05) is 12.3 Å². The number of nitrogens with zero attached hydrogens (tertiary/aromatic N) is 2. The fourth-order valence-electron chi connectivity index (χ4n) is 1.90. The molecule has 0 saturated carbocycles. The minimum atomic E-state index is -3.32. The molecule has 0 atom stereocenters. The van der Waals surface area contributed by atoms with E-state index in [0.29, 0.717) is 28.3 Å². The molecule has 0 amide bonds. The van der Waals surface area contributed by atoms with Crippen molar-refractivity contribution in [2.75, 3.05) is 6.26 Å². The van der Waals surface area contributed by atoms with Crippen LogP contribution in [0.15, 0.2) is 33.7 Å². The third-order valence-electron chi connectivity index (χ3n) is 2.75. The maximum atomic E-state index is 11.7. The Balaban J connectivity index is 2.27. The molecule has 3 rings (SSSR count). The van der Waals surface area contributed by atoms with E-state index in [2.05, 4.69) is 15.1 Å². The molecule has 0 bridgehead atoms. The van der Waals surface area contributed by atoms with E-state index in [1.807, 2.05) is 0 Å². The molecular weight excluding hydrogens is 266 g/mol. The van der Waals surface area contributed by atoms with Crippen LogP contribution >= 0.6 is 0 Å². The van der Waals surface area contributed by atoms with Crippen LogP contribution in [0, 0.1) is 6.92 Å². The van der Waals surface area contributed by atoms with E-state index < -0.39 is 9.84 Å². The highest BCUT2D eigenvalue weighted by atomic mass is 32.2. The molecule has 98 valence electrons. The van der Waals surface area contributed by atoms with E-state index in [4.69, 9.17) is 4.52 Å². The number of aryl methyl sites for hydroxylation is 1. The molecule has 1 N–H and O–H groups in total. The zero-order valence-electron chi connectivity index (χ0n) is 10.3. The van der Waals surface area contributed by atoms with Gasteiger partial charge >= 0.3 is 0 Å². The van der Waals surface area contributed by atoms with Crippen molar-refractivity contribution in [3.05, 3.63) is 30.0 Å². The smallest absolute Gasteiger partial charge is 0.177 e. The minimum absolute atomic E-state index is 0.202. The first-order valence-electron chi connectivity index (χ1n) is 5.57. The van der Waals surface area contributed by atoms with Crippen LogP contribution in [-0.2, 0) is 9.84 Å². The highest BCUT2D eigenvalue weighted by molar-refractivity contribution is 7.91. The van der Waals surface area contributed by atoms with E-state index in [9.17, 15) is 8.42 Å². The molecule has 6 nitrogen and oxygen atoms in total. The average molecular weight is 277 g/mol. The Labute approximate surface area is 109 Å². The summed E-state index contributed by atoms with van der Waals surface area (Å²) in [6.07, 6.45) is 1.16. The van der Waals surface area contributed by atoms with Crippen molar-refractivity contribution >= 4 is 20.9 Å². The molecule has 0 spiro atoms. The summed E-state index contributed by atoms with van der Waals surface area (Å²) >= 11 is 0. The molecule has 7 heteroatoms. The molecule has 3 aromatic rings. The number of aromatic nitrogens is 3. The number of hydrogen-bond acceptors (Lipinski definition) is 5. The molecule has 1 aromatic carbocycles. The van der Waals surface area contributed by atoms with Gasteiger partial charge in [-0.25, -0.2) is 13.4 Å². The highest BCUT2D eigenvalue weighted by Crippen LogP contribution is 2.25. The van der Waals surface area contributed by atoms with Crippen LogP contribution in [0.1, 0.15) is 5.76 Å². The lowest BCUT2D eigenvalue weighted by molar-refractivity contribution is 0.399. The summed E-state index contributed by atoms with van der Waals surface area (Å²) in [5.41, 5.74) is 1.62. The Bertz CT molecular complexity index is 861. The molecule has 0 aliphatic rings. The van der Waals surface area contributed by atoms with Crippen molar-refractivity contribution < 1.29 is 12.9 Å². The van der Waals surface area contributed by atoms with E-state index in [0.717, 1.165) is 6.26 Å². The molecule has 2 heterocycles. The van der Waals surface area contributed by atoms with Crippen LogP contribution < -0.4 is 0 Å². The van der Waals surface area contributed by atoms with Crippen molar-refractivity contribution in [1.29, 1.82) is 0 Å². The third kappa shape index (κ3) is 2.01. The second-order valence-corrected chi connectivity index (χ2v) is 6.32. The van der Waals surface area contributed by atoms with Gasteiger partial charge in [0.25, 0.3) is 0 Å². The standard InChI is InChI=1S/C12H11N3O3S/c1-7-6-9(15-18-7)12-13-8-4-3-5-10(11(8)14-12)19(2,16)17/h3-6H,1-2H3,(H,13,14). The number of hydrogen-bond donors (Lipinski definition) is 1. The predicted molar refractivity (Wildman–Crippen MR) is 69.4 cm³/mol. The SMILES string of the molecule is Cc1cc(-c2nc3c(S(C)(=O)=O)cccc3[nH]2)no1. The highest BCUT2D eigenvalue weighted by Gasteiger charge is 2.16. The van der Waals surface area contributed by atoms with Gasteiger partial charge < -0.3 is 9.51 Å². The summed E-state index contributed by atoms with van der Waals surface area (Å²) in [5, 5.41) is 3.85. The van der Waals surface area contributed by atoms with Gasteiger partial charge in [0.05, 0.1) is 10.4 Å². The summed E-state index contributed by atoms with van der Waals surface area (Å²) in [6.45, 7) is 1.78. The van der Waals surface area contributed by atoms with Gasteiger partial charge in [0.2, 0.25) is 0 Å². The molecule has 2 aromatic heterocycles. The lowest BCUT2D eigenvalue weighted by atomic mass is 10.3. The molecule has 19 heavy (non-hydrogen) atoms. The number of benzene rings is 1. The van der Waals surface area contributed by atoms with E-state index >= 15 is 0 Å². The van der Waals surface area contributed by atoms with Crippen molar-refractivity contribution in [2.45, 2.75) is 11.8 Å². The maximum absolute atomic E-state index is 11.7. The van der Waals surface area contributed by atoms with Crippen molar-refractivity contribution in [3.8, 4) is 11.5 Å². The van der Waals surface area contributed by atoms with Gasteiger partial charge in [-0.2, -0.15) is 0 Å². The van der Waals surface area contributed by atoms with Gasteiger partial charge in [-0.3, -0.25) is 0 Å². The normalized spacial score (nSPS) is 12.1. The number of sulfone groups is 1. The number of aromatic amines is 1. The zero-order chi connectivity index (χ0) is 13.6. The first-order chi connectivity index (χ1) is 8.95. The minimum Gasteiger partial charge on any atom is -0.361 e. The van der Waals surface area contributed by atoms with Crippen LogP contribution in [0.5, 0.6) is 0 Å². The molecule has 0 aliphatic heterocycles. The van der Waals surface area contributed by atoms with Gasteiger partial charge in [0.15, 0.2) is 15.7 Å². The fourth-order valence-corrected chi connectivity index (χ4v) is 2.74. The molecule has 0 fully saturated rings.